The summed E-state index contributed by atoms with van der Waals surface area (Å²) in [5, 5.41) is 0. The molecule has 0 amide bonds. The first-order valence-electron chi connectivity index (χ1n) is 17.4. The van der Waals surface area contributed by atoms with E-state index in [1.165, 1.54) is 181 Å². The lowest BCUT2D eigenvalue weighted by atomic mass is 10.1. The number of hydrogen-bond donors (Lipinski definition) is 0. The van der Waals surface area contributed by atoms with Gasteiger partial charge in [-0.05, 0) is 45.3 Å². The van der Waals surface area contributed by atoms with E-state index < -0.39 is 0 Å². The predicted octanol–water partition coefficient (Wildman–Crippen LogP) is 11.7. The van der Waals surface area contributed by atoms with Crippen LogP contribution < -0.4 is 0 Å². The predicted molar refractivity (Wildman–Crippen MR) is 171 cm³/mol. The Morgan fingerprint density at radius 3 is 0.974 bits per heavy atom. The quantitative estimate of drug-likeness (QED) is 0.0699. The third kappa shape index (κ3) is 35.4. The highest BCUT2D eigenvalue weighted by molar-refractivity contribution is 5.68. The van der Waals surface area contributed by atoms with Crippen LogP contribution >= 0.6 is 0 Å². The van der Waals surface area contributed by atoms with Crippen LogP contribution in [0, 0.1) is 0 Å². The van der Waals surface area contributed by atoms with E-state index in [0.29, 0.717) is 6.42 Å². The van der Waals surface area contributed by atoms with Crippen LogP contribution in [0.5, 0.6) is 0 Å². The second-order valence-corrected chi connectivity index (χ2v) is 11.6. The van der Waals surface area contributed by atoms with E-state index in [1.54, 1.807) is 0 Å². The van der Waals surface area contributed by atoms with Crippen LogP contribution in [0.1, 0.15) is 195 Å². The van der Waals surface area contributed by atoms with Gasteiger partial charge < -0.3 is 9.64 Å². The Hall–Kier alpha value is -0.570. The molecular formula is C35H73NO2. The molecule has 0 atom stereocenters. The van der Waals surface area contributed by atoms with E-state index >= 15 is 0 Å². The van der Waals surface area contributed by atoms with Gasteiger partial charge in [0, 0.05) is 6.42 Å². The fourth-order valence-electron chi connectivity index (χ4n) is 5.01. The van der Waals surface area contributed by atoms with Crippen molar-refractivity contribution in [3.63, 3.8) is 0 Å². The topological polar surface area (TPSA) is 29.5 Å². The molecule has 0 aromatic rings. The Balaban J connectivity index is 0. The van der Waals surface area contributed by atoms with Gasteiger partial charge in [0.15, 0.2) is 0 Å². The summed E-state index contributed by atoms with van der Waals surface area (Å²) in [6.07, 6.45) is 35.0. The third-order valence-electron chi connectivity index (χ3n) is 7.70. The Morgan fingerprint density at radius 1 is 0.421 bits per heavy atom. The highest BCUT2D eigenvalue weighted by Gasteiger charge is 2.05. The van der Waals surface area contributed by atoms with Crippen molar-refractivity contribution < 1.29 is 9.53 Å². The van der Waals surface area contributed by atoms with E-state index in [-0.39, 0.29) is 5.97 Å². The average Bonchev–Trinajstić information content (AvgIpc) is 2.93. The molecule has 0 bridgehead atoms. The molecule has 0 rings (SSSR count). The lowest BCUT2D eigenvalue weighted by Crippen LogP contribution is -2.27. The Bertz CT molecular complexity index is 388. The number of carbonyl (C=O) groups is 1. The van der Waals surface area contributed by atoms with E-state index in [2.05, 4.69) is 37.3 Å². The molecule has 38 heavy (non-hydrogen) atoms. The van der Waals surface area contributed by atoms with Gasteiger partial charge in [-0.2, -0.15) is 0 Å². The number of nitrogens with zero attached hydrogens (tertiary/aromatic N) is 1. The summed E-state index contributed by atoms with van der Waals surface area (Å²) in [6.45, 7) is 13.2. The molecule has 0 N–H and O–H groups in total. The van der Waals surface area contributed by atoms with Gasteiger partial charge in [0.25, 0.3) is 0 Å². The summed E-state index contributed by atoms with van der Waals surface area (Å²) in [4.78, 5) is 13.5. The smallest absolute Gasteiger partial charge is 0.305 e. The highest BCUT2D eigenvalue weighted by Crippen LogP contribution is 2.11. The number of hydrogen-bond acceptors (Lipinski definition) is 3. The van der Waals surface area contributed by atoms with Gasteiger partial charge in [0.05, 0.1) is 7.11 Å². The first-order valence-corrected chi connectivity index (χ1v) is 17.4. The SMILES string of the molecule is CCCCCCCCCC(=O)OC.CCCCCCCCN(CCCCCCCC)CCCCCCCC. The number of esters is 1. The van der Waals surface area contributed by atoms with Gasteiger partial charge in [-0.1, -0.05) is 163 Å². The van der Waals surface area contributed by atoms with Gasteiger partial charge in [-0.25, -0.2) is 0 Å². The molecule has 230 valence electrons. The van der Waals surface area contributed by atoms with E-state index in [0.717, 1.165) is 6.42 Å². The van der Waals surface area contributed by atoms with Gasteiger partial charge in [-0.3, -0.25) is 4.79 Å². The van der Waals surface area contributed by atoms with Crippen LogP contribution in [-0.2, 0) is 9.53 Å². The molecule has 0 spiro atoms. The van der Waals surface area contributed by atoms with E-state index in [9.17, 15) is 4.79 Å². The first-order chi connectivity index (χ1) is 18.7. The minimum Gasteiger partial charge on any atom is -0.469 e. The molecule has 0 aliphatic heterocycles. The maximum absolute atomic E-state index is 10.7. The van der Waals surface area contributed by atoms with Crippen molar-refractivity contribution in [3.05, 3.63) is 0 Å². The van der Waals surface area contributed by atoms with Crippen molar-refractivity contribution in [1.82, 2.24) is 4.90 Å². The standard InChI is InChI=1S/C24H51N.C11H22O2/c1-4-7-10-13-16-19-22-25(23-20-17-14-11-8-5-2)24-21-18-15-12-9-6-3;1-3-4-5-6-7-8-9-10-11(12)13-2/h4-24H2,1-3H3;3-10H2,1-2H3. The number of ether oxygens (including phenoxy) is 1. The zero-order chi connectivity index (χ0) is 28.4. The molecule has 0 aliphatic carbocycles. The number of rotatable bonds is 29. The zero-order valence-electron chi connectivity index (χ0n) is 27.3. The van der Waals surface area contributed by atoms with Crippen LogP contribution in [0.4, 0.5) is 0 Å². The molecule has 0 fully saturated rings. The summed E-state index contributed by atoms with van der Waals surface area (Å²) in [5.41, 5.74) is 0. The molecule has 3 nitrogen and oxygen atoms in total. The third-order valence-corrected chi connectivity index (χ3v) is 7.70. The molecule has 0 aliphatic rings. The van der Waals surface area contributed by atoms with Crippen molar-refractivity contribution in [1.29, 1.82) is 0 Å². The Kier molecular flexibility index (Phi) is 37.9. The summed E-state index contributed by atoms with van der Waals surface area (Å²) in [6, 6.07) is 0. The lowest BCUT2D eigenvalue weighted by molar-refractivity contribution is -0.140. The molecule has 0 unspecified atom stereocenters. The minimum atomic E-state index is -0.0754. The second kappa shape index (κ2) is 36.4. The Labute approximate surface area is 241 Å². The van der Waals surface area contributed by atoms with Crippen LogP contribution in [0.15, 0.2) is 0 Å². The molecule has 0 aromatic carbocycles. The number of unbranched alkanes of at least 4 members (excludes halogenated alkanes) is 21. The summed E-state index contributed by atoms with van der Waals surface area (Å²) < 4.78 is 4.56. The van der Waals surface area contributed by atoms with E-state index in [4.69, 9.17) is 0 Å². The second-order valence-electron chi connectivity index (χ2n) is 11.6. The van der Waals surface area contributed by atoms with Crippen molar-refractivity contribution in [2.24, 2.45) is 0 Å². The molecule has 3 heteroatoms. The average molecular weight is 540 g/mol. The molecule has 0 radical (unpaired) electrons. The maximum atomic E-state index is 10.7. The molecule has 0 saturated heterocycles. The van der Waals surface area contributed by atoms with Crippen LogP contribution in [0.3, 0.4) is 0 Å². The lowest BCUT2D eigenvalue weighted by Gasteiger charge is -2.22. The monoisotopic (exact) mass is 540 g/mol. The van der Waals surface area contributed by atoms with Crippen LogP contribution in [0.2, 0.25) is 0 Å². The fraction of sp³-hybridized carbons (Fsp3) is 0.971. The molecular weight excluding hydrogens is 466 g/mol. The fourth-order valence-corrected chi connectivity index (χ4v) is 5.01. The van der Waals surface area contributed by atoms with Crippen molar-refractivity contribution >= 4 is 5.97 Å². The normalized spacial score (nSPS) is 11.0. The largest absolute Gasteiger partial charge is 0.469 e. The van der Waals surface area contributed by atoms with E-state index in [1.807, 2.05) is 0 Å². The Morgan fingerprint density at radius 2 is 0.684 bits per heavy atom. The van der Waals surface area contributed by atoms with Gasteiger partial charge in [0.1, 0.15) is 0 Å². The van der Waals surface area contributed by atoms with Crippen molar-refractivity contribution in [2.45, 2.75) is 195 Å². The van der Waals surface area contributed by atoms with Gasteiger partial charge >= 0.3 is 5.97 Å². The summed E-state index contributed by atoms with van der Waals surface area (Å²) in [5.74, 6) is -0.0754. The van der Waals surface area contributed by atoms with Crippen LogP contribution in [-0.4, -0.2) is 37.6 Å². The zero-order valence-corrected chi connectivity index (χ0v) is 27.3. The highest BCUT2D eigenvalue weighted by atomic mass is 16.5. The van der Waals surface area contributed by atoms with Crippen LogP contribution in [0.25, 0.3) is 0 Å². The number of carbonyl (C=O) groups excluding carboxylic acids is 1. The van der Waals surface area contributed by atoms with Crippen molar-refractivity contribution in [3.8, 4) is 0 Å². The number of methoxy groups -OCH3 is 1. The molecule has 0 saturated carbocycles. The molecule has 0 aromatic heterocycles. The molecule has 0 heterocycles. The summed E-state index contributed by atoms with van der Waals surface area (Å²) >= 11 is 0. The summed E-state index contributed by atoms with van der Waals surface area (Å²) in [7, 11) is 1.45. The first kappa shape index (κ1) is 39.6. The van der Waals surface area contributed by atoms with Gasteiger partial charge in [0.2, 0.25) is 0 Å². The minimum absolute atomic E-state index is 0.0754. The maximum Gasteiger partial charge on any atom is 0.305 e. The van der Waals surface area contributed by atoms with Crippen molar-refractivity contribution in [2.75, 3.05) is 26.7 Å². The van der Waals surface area contributed by atoms with Gasteiger partial charge in [-0.15, -0.1) is 0 Å².